The topological polar surface area (TPSA) is 33.1 Å². The zero-order chi connectivity index (χ0) is 13.2. The maximum Gasteiger partial charge on any atom is 0.125 e. The molecule has 0 saturated heterocycles. The van der Waals surface area contributed by atoms with E-state index in [-0.39, 0.29) is 5.75 Å². The number of aromatic nitrogens is 1. The van der Waals surface area contributed by atoms with Gasteiger partial charge in [0.25, 0.3) is 0 Å². The second-order valence-corrected chi connectivity index (χ2v) is 5.23. The first kappa shape index (κ1) is 11.9. The van der Waals surface area contributed by atoms with Crippen LogP contribution in [-0.4, -0.2) is 10.1 Å². The lowest BCUT2D eigenvalue weighted by molar-refractivity contribution is 0.477. The molecule has 19 heavy (non-hydrogen) atoms. The summed E-state index contributed by atoms with van der Waals surface area (Å²) >= 11 is 1.60. The predicted octanol–water partition coefficient (Wildman–Crippen LogP) is 4.49. The summed E-state index contributed by atoms with van der Waals surface area (Å²) in [5.74, 6) is 0.268. The lowest BCUT2D eigenvalue weighted by Crippen LogP contribution is -1.83. The fraction of sp³-hybridized carbons (Fsp3) is 0.0625. The van der Waals surface area contributed by atoms with E-state index in [1.807, 2.05) is 35.7 Å². The molecule has 0 bridgehead atoms. The van der Waals surface area contributed by atoms with E-state index < -0.39 is 0 Å². The average Bonchev–Trinajstić information content (AvgIpc) is 2.89. The van der Waals surface area contributed by atoms with Gasteiger partial charge in [-0.05, 0) is 24.6 Å². The van der Waals surface area contributed by atoms with Crippen LogP contribution in [-0.2, 0) is 0 Å². The van der Waals surface area contributed by atoms with Gasteiger partial charge >= 0.3 is 0 Å². The molecule has 0 radical (unpaired) electrons. The molecule has 2 aromatic carbocycles. The van der Waals surface area contributed by atoms with E-state index >= 15 is 0 Å². The summed E-state index contributed by atoms with van der Waals surface area (Å²) in [4.78, 5) is 4.63. The average molecular weight is 267 g/mol. The third kappa shape index (κ3) is 2.25. The number of nitrogens with zero attached hydrogens (tertiary/aromatic N) is 1. The SMILES string of the molecule is Cc1ccccc1-c1nc(-c2ccccc2O)cs1. The molecule has 0 aliphatic heterocycles. The Hall–Kier alpha value is -2.13. The normalized spacial score (nSPS) is 10.6. The molecule has 0 amide bonds. The van der Waals surface area contributed by atoms with Crippen molar-refractivity contribution in [2.75, 3.05) is 0 Å². The first-order valence-corrected chi connectivity index (χ1v) is 6.93. The number of aromatic hydroxyl groups is 1. The van der Waals surface area contributed by atoms with E-state index in [0.29, 0.717) is 0 Å². The molecule has 3 heteroatoms. The number of benzene rings is 2. The fourth-order valence-corrected chi connectivity index (χ4v) is 2.93. The number of hydrogen-bond donors (Lipinski definition) is 1. The minimum atomic E-state index is 0.268. The number of para-hydroxylation sites is 1. The molecule has 0 saturated carbocycles. The van der Waals surface area contributed by atoms with Gasteiger partial charge in [0.15, 0.2) is 0 Å². The minimum absolute atomic E-state index is 0.268. The van der Waals surface area contributed by atoms with E-state index in [9.17, 15) is 5.11 Å². The summed E-state index contributed by atoms with van der Waals surface area (Å²) < 4.78 is 0. The van der Waals surface area contributed by atoms with Crippen molar-refractivity contribution in [1.82, 2.24) is 4.98 Å². The third-order valence-electron chi connectivity index (χ3n) is 3.06. The maximum absolute atomic E-state index is 9.86. The van der Waals surface area contributed by atoms with Gasteiger partial charge in [-0.15, -0.1) is 11.3 Å². The molecule has 0 aliphatic rings. The van der Waals surface area contributed by atoms with Crippen molar-refractivity contribution in [1.29, 1.82) is 0 Å². The van der Waals surface area contributed by atoms with Crippen LogP contribution in [0.15, 0.2) is 53.9 Å². The Morgan fingerprint density at radius 3 is 2.37 bits per heavy atom. The van der Waals surface area contributed by atoms with Crippen LogP contribution in [0.4, 0.5) is 0 Å². The largest absolute Gasteiger partial charge is 0.507 e. The highest BCUT2D eigenvalue weighted by atomic mass is 32.1. The highest BCUT2D eigenvalue weighted by Crippen LogP contribution is 2.33. The number of rotatable bonds is 2. The molecule has 1 heterocycles. The standard InChI is InChI=1S/C16H13NOS/c1-11-6-2-3-7-12(11)16-17-14(10-19-16)13-8-4-5-9-15(13)18/h2-10,18H,1H3. The Bertz CT molecular complexity index is 658. The van der Waals surface area contributed by atoms with Gasteiger partial charge in [-0.25, -0.2) is 4.98 Å². The van der Waals surface area contributed by atoms with Crippen molar-refractivity contribution in [3.05, 3.63) is 59.5 Å². The highest BCUT2D eigenvalue weighted by molar-refractivity contribution is 7.13. The second-order valence-electron chi connectivity index (χ2n) is 4.37. The summed E-state index contributed by atoms with van der Waals surface area (Å²) in [6, 6.07) is 15.5. The fourth-order valence-electron chi connectivity index (χ4n) is 2.02. The summed E-state index contributed by atoms with van der Waals surface area (Å²) in [7, 11) is 0. The highest BCUT2D eigenvalue weighted by Gasteiger charge is 2.10. The minimum Gasteiger partial charge on any atom is -0.507 e. The number of phenols is 1. The monoisotopic (exact) mass is 267 g/mol. The molecule has 0 atom stereocenters. The first-order chi connectivity index (χ1) is 9.25. The Labute approximate surface area is 116 Å². The number of hydrogen-bond acceptors (Lipinski definition) is 3. The molecule has 2 nitrogen and oxygen atoms in total. The number of aryl methyl sites for hydroxylation is 1. The molecular formula is C16H13NOS. The molecule has 0 spiro atoms. The van der Waals surface area contributed by atoms with Crippen LogP contribution in [0.25, 0.3) is 21.8 Å². The Balaban J connectivity index is 2.06. The van der Waals surface area contributed by atoms with Crippen molar-refractivity contribution < 1.29 is 5.11 Å². The Morgan fingerprint density at radius 1 is 0.947 bits per heavy atom. The van der Waals surface area contributed by atoms with E-state index in [1.54, 1.807) is 17.4 Å². The second kappa shape index (κ2) is 4.86. The molecule has 0 unspecified atom stereocenters. The van der Waals surface area contributed by atoms with E-state index in [0.717, 1.165) is 21.8 Å². The molecule has 3 aromatic rings. The molecule has 1 aromatic heterocycles. The van der Waals surface area contributed by atoms with Gasteiger partial charge in [-0.2, -0.15) is 0 Å². The maximum atomic E-state index is 9.86. The Kier molecular flexibility index (Phi) is 3.05. The summed E-state index contributed by atoms with van der Waals surface area (Å²) in [5.41, 5.74) is 3.95. The Morgan fingerprint density at radius 2 is 1.63 bits per heavy atom. The van der Waals surface area contributed by atoms with Crippen LogP contribution in [0, 0.1) is 6.92 Å². The van der Waals surface area contributed by atoms with Crippen LogP contribution in [0.5, 0.6) is 5.75 Å². The lowest BCUT2D eigenvalue weighted by atomic mass is 10.1. The molecular weight excluding hydrogens is 254 g/mol. The molecule has 94 valence electrons. The third-order valence-corrected chi connectivity index (χ3v) is 3.94. The van der Waals surface area contributed by atoms with Crippen LogP contribution in [0.3, 0.4) is 0 Å². The quantitative estimate of drug-likeness (QED) is 0.742. The van der Waals surface area contributed by atoms with Crippen molar-refractivity contribution in [3.8, 4) is 27.6 Å². The molecule has 3 rings (SSSR count). The molecule has 0 fully saturated rings. The van der Waals surface area contributed by atoms with Crippen molar-refractivity contribution in [3.63, 3.8) is 0 Å². The van der Waals surface area contributed by atoms with Gasteiger partial charge in [0.05, 0.1) is 5.69 Å². The van der Waals surface area contributed by atoms with Crippen LogP contribution in [0.2, 0.25) is 0 Å². The van der Waals surface area contributed by atoms with Crippen LogP contribution >= 0.6 is 11.3 Å². The summed E-state index contributed by atoms with van der Waals surface area (Å²) in [5, 5.41) is 12.8. The van der Waals surface area contributed by atoms with Crippen molar-refractivity contribution in [2.45, 2.75) is 6.92 Å². The van der Waals surface area contributed by atoms with Gasteiger partial charge in [0.1, 0.15) is 10.8 Å². The van der Waals surface area contributed by atoms with Crippen LogP contribution < -0.4 is 0 Å². The van der Waals surface area contributed by atoms with Gasteiger partial charge in [0.2, 0.25) is 0 Å². The molecule has 0 aliphatic carbocycles. The van der Waals surface area contributed by atoms with Gasteiger partial charge < -0.3 is 5.11 Å². The van der Waals surface area contributed by atoms with Gasteiger partial charge in [-0.3, -0.25) is 0 Å². The first-order valence-electron chi connectivity index (χ1n) is 6.05. The summed E-state index contributed by atoms with van der Waals surface area (Å²) in [6.45, 7) is 2.08. The van der Waals surface area contributed by atoms with Gasteiger partial charge in [0, 0.05) is 16.5 Å². The van der Waals surface area contributed by atoms with E-state index in [2.05, 4.69) is 24.0 Å². The van der Waals surface area contributed by atoms with E-state index in [4.69, 9.17) is 0 Å². The predicted molar refractivity (Wildman–Crippen MR) is 79.4 cm³/mol. The van der Waals surface area contributed by atoms with E-state index in [1.165, 1.54) is 5.56 Å². The number of phenolic OH excluding ortho intramolecular Hbond substituents is 1. The van der Waals surface area contributed by atoms with Crippen molar-refractivity contribution in [2.24, 2.45) is 0 Å². The smallest absolute Gasteiger partial charge is 0.125 e. The number of thiazole rings is 1. The van der Waals surface area contributed by atoms with Crippen LogP contribution in [0.1, 0.15) is 5.56 Å². The lowest BCUT2D eigenvalue weighted by Gasteiger charge is -2.01. The van der Waals surface area contributed by atoms with Gasteiger partial charge in [-0.1, -0.05) is 36.4 Å². The van der Waals surface area contributed by atoms with Crippen molar-refractivity contribution >= 4 is 11.3 Å². The summed E-state index contributed by atoms with van der Waals surface area (Å²) in [6.07, 6.45) is 0. The zero-order valence-corrected chi connectivity index (χ0v) is 11.3. The zero-order valence-electron chi connectivity index (χ0n) is 10.5. The molecule has 1 N–H and O–H groups in total.